The van der Waals surface area contributed by atoms with Crippen LogP contribution in [-0.4, -0.2) is 70.6 Å². The van der Waals surface area contributed by atoms with Gasteiger partial charge in [-0.15, -0.1) is 0 Å². The number of nitrogen functional groups attached to an aromatic ring is 1. The van der Waals surface area contributed by atoms with Gasteiger partial charge in [0.25, 0.3) is 20.2 Å². The van der Waals surface area contributed by atoms with Crippen LogP contribution in [0.3, 0.4) is 0 Å². The summed E-state index contributed by atoms with van der Waals surface area (Å²) in [4.78, 5) is 35.2. The third kappa shape index (κ3) is 13.1. The topological polar surface area (TPSA) is 243 Å². The van der Waals surface area contributed by atoms with E-state index in [1.165, 1.54) is 30.6 Å². The van der Waals surface area contributed by atoms with Gasteiger partial charge in [-0.2, -0.15) is 26.8 Å². The van der Waals surface area contributed by atoms with E-state index in [-0.39, 0.29) is 34.1 Å². The fourth-order valence-corrected chi connectivity index (χ4v) is 9.94. The minimum absolute atomic E-state index is 0.0634. The highest BCUT2D eigenvalue weighted by atomic mass is 32.2. The molecule has 72 heavy (non-hydrogen) atoms. The number of aromatic amines is 1. The summed E-state index contributed by atoms with van der Waals surface area (Å²) in [5.41, 5.74) is 12.9. The Hall–Kier alpha value is -6.99. The van der Waals surface area contributed by atoms with Crippen LogP contribution in [0.5, 0.6) is 5.88 Å². The van der Waals surface area contributed by atoms with E-state index in [4.69, 9.17) is 15.5 Å². The van der Waals surface area contributed by atoms with Crippen LogP contribution in [0.4, 0.5) is 11.6 Å². The molecule has 0 fully saturated rings. The molecule has 0 saturated heterocycles. The van der Waals surface area contributed by atoms with Crippen LogP contribution < -0.4 is 20.7 Å². The number of aliphatic imine (C=N–C) groups is 1. The number of fused-ring (bicyclic) bond motifs is 2. The van der Waals surface area contributed by atoms with Crippen molar-refractivity contribution in [3.8, 4) is 5.88 Å². The smallest absolute Gasteiger partial charge is 0.294 e. The van der Waals surface area contributed by atoms with Crippen LogP contribution in [0.1, 0.15) is 94.0 Å². The average molecular weight is 1020 g/mol. The van der Waals surface area contributed by atoms with Gasteiger partial charge in [-0.1, -0.05) is 113 Å². The number of hydrogen-bond acceptors (Lipinski definition) is 12. The number of allylic oxidation sites excluding steroid dienone is 12. The van der Waals surface area contributed by atoms with Crippen LogP contribution in [0.2, 0.25) is 0 Å². The Morgan fingerprint density at radius 2 is 1.61 bits per heavy atom. The van der Waals surface area contributed by atoms with E-state index in [0.29, 0.717) is 54.9 Å². The maximum absolute atomic E-state index is 13.0. The number of aromatic nitrogens is 4. The second-order valence-electron chi connectivity index (χ2n) is 18.8. The van der Waals surface area contributed by atoms with Crippen LogP contribution in [0.15, 0.2) is 154 Å². The summed E-state index contributed by atoms with van der Waals surface area (Å²) in [6.07, 6.45) is 25.4. The number of imidazole rings is 1. The molecule has 16 nitrogen and oxygen atoms in total. The van der Waals surface area contributed by atoms with Gasteiger partial charge in [0.05, 0.1) is 16.1 Å². The minimum atomic E-state index is -4.48. The van der Waals surface area contributed by atoms with Crippen molar-refractivity contribution in [2.45, 2.75) is 107 Å². The first kappa shape index (κ1) is 52.8. The first-order valence-electron chi connectivity index (χ1n) is 23.8. The van der Waals surface area contributed by atoms with Gasteiger partial charge in [0.1, 0.15) is 6.61 Å². The van der Waals surface area contributed by atoms with E-state index in [2.05, 4.69) is 42.3 Å². The molecule has 18 heteroatoms. The lowest BCUT2D eigenvalue weighted by Crippen LogP contribution is -2.29. The number of anilines is 2. The summed E-state index contributed by atoms with van der Waals surface area (Å²) in [7, 11) is -8.95. The Labute approximate surface area is 421 Å². The third-order valence-corrected chi connectivity index (χ3v) is 14.6. The van der Waals surface area contributed by atoms with Gasteiger partial charge in [0.2, 0.25) is 17.7 Å². The number of ether oxygens (including phenoxy) is 1. The zero-order valence-electron chi connectivity index (χ0n) is 41.2. The number of benzene rings is 3. The molecule has 2 aliphatic rings. The first-order chi connectivity index (χ1) is 34.2. The second-order valence-corrected chi connectivity index (χ2v) is 21.7. The zero-order chi connectivity index (χ0) is 51.7. The number of nitrogens with zero attached hydrogens (tertiary/aromatic N) is 5. The maximum atomic E-state index is 13.0. The number of nitrogens with one attached hydrogen (secondary N) is 2. The normalized spacial score (nSPS) is 17.6. The molecule has 0 unspecified atom stereocenters. The maximum Gasteiger partial charge on any atom is 0.294 e. The summed E-state index contributed by atoms with van der Waals surface area (Å²) < 4.78 is 75.1. The van der Waals surface area contributed by atoms with Crippen LogP contribution in [0, 0.1) is 6.92 Å². The molecule has 7 rings (SSSR count). The van der Waals surface area contributed by atoms with E-state index in [0.717, 1.165) is 64.9 Å². The summed E-state index contributed by atoms with van der Waals surface area (Å²) in [6, 6.07) is 16.9. The van der Waals surface area contributed by atoms with Crippen molar-refractivity contribution in [3.05, 3.63) is 167 Å². The number of aryl methyl sites for hydroxylation is 1. The van der Waals surface area contributed by atoms with Gasteiger partial charge in [-0.05, 0) is 108 Å². The quantitative estimate of drug-likeness (QED) is 0.0262. The van der Waals surface area contributed by atoms with E-state index >= 15 is 0 Å². The number of hydrogen-bond donors (Lipinski definition) is 5. The molecule has 0 saturated carbocycles. The summed E-state index contributed by atoms with van der Waals surface area (Å²) in [5, 5.41) is 3.01. The van der Waals surface area contributed by atoms with Crippen molar-refractivity contribution in [1.82, 2.24) is 25.3 Å². The van der Waals surface area contributed by atoms with Gasteiger partial charge in [-0.3, -0.25) is 18.9 Å². The molecule has 2 aromatic heterocycles. The number of carbonyl (C=O) groups is 1. The molecular formula is C54H62N8O8S2. The molecule has 5 aromatic rings. The standard InChI is InChI=1S/C54H62N8O8S2/c1-37-22-27-41(71(64,65)66)32-43(37)53(2,3)46(56-30-15-18-38-16-10-7-6-8-11-17-38)19-14-20-47-54(4,5)44-33-42(72(67,68)69)28-29-45(44)62(47)31-13-9-12-21-48(63)57-34-39-23-25-40(26-24-39)35-70-51-49-50(59-36-58-49)60-52(55)61-51/h6-8,10-11,14,16-17,19-20,22-29,32-33,36H,9,12-13,15,18,21,30-31,34-35H2,1-5H3,(H,57,63)(H,64,65,66)(H,67,68,69)(H3,55,58,59,60,61)/b7-6-,8-6?,10-7?,11-8-,16-10-,17-11?,19-14+,38-16?,38-17+,47-20+,56-46+. The molecule has 3 heterocycles. The summed E-state index contributed by atoms with van der Waals surface area (Å²) in [5.74, 6) is 0.304. The van der Waals surface area contributed by atoms with Crippen molar-refractivity contribution in [2.24, 2.45) is 4.99 Å². The van der Waals surface area contributed by atoms with Crippen molar-refractivity contribution < 1.29 is 35.5 Å². The fraction of sp³-hybridized carbons (Fsp3) is 0.315. The lowest BCUT2D eigenvalue weighted by Gasteiger charge is -2.29. The van der Waals surface area contributed by atoms with Crippen molar-refractivity contribution >= 4 is 54.7 Å². The number of unbranched alkanes of at least 4 members (excludes halogenated alkanes) is 2. The fourth-order valence-electron chi connectivity index (χ4n) is 8.93. The third-order valence-electron chi connectivity index (χ3n) is 12.9. The molecule has 0 spiro atoms. The van der Waals surface area contributed by atoms with Crippen LogP contribution >= 0.6 is 0 Å². The molecule has 6 N–H and O–H groups in total. The van der Waals surface area contributed by atoms with Gasteiger partial charge in [0, 0.05) is 54.0 Å². The highest BCUT2D eigenvalue weighted by Crippen LogP contribution is 2.48. The molecule has 1 amide bonds. The molecule has 1 aliphatic heterocycles. The van der Waals surface area contributed by atoms with Crippen molar-refractivity contribution in [2.75, 3.05) is 23.7 Å². The Morgan fingerprint density at radius 3 is 2.38 bits per heavy atom. The SMILES string of the molecule is Cc1ccc(S(=O)(=O)O)cc1C(C)(C)C(/C=C/C=C1/N(CCCCCC(=O)NCc2ccc(COc3nc(N)nc4[nH]cnc34)cc2)c2ccc(S(=O)(=O)O)cc2C1(C)C)=N/CCCC1=C/C=C\C=C/C=C\1. The van der Waals surface area contributed by atoms with E-state index < -0.39 is 31.1 Å². The lowest BCUT2D eigenvalue weighted by molar-refractivity contribution is -0.121. The number of rotatable bonds is 21. The largest absolute Gasteiger partial charge is 0.471 e. The van der Waals surface area contributed by atoms with Crippen molar-refractivity contribution in [1.29, 1.82) is 0 Å². The van der Waals surface area contributed by atoms with E-state index in [9.17, 15) is 30.7 Å². The molecule has 0 radical (unpaired) electrons. The average Bonchev–Trinajstić information content (AvgIpc) is 3.87. The second kappa shape index (κ2) is 22.6. The number of amides is 1. The Bertz CT molecular complexity index is 3260. The molecule has 1 aliphatic carbocycles. The van der Waals surface area contributed by atoms with Gasteiger partial charge < -0.3 is 25.7 Å². The van der Waals surface area contributed by atoms with Gasteiger partial charge >= 0.3 is 0 Å². The summed E-state index contributed by atoms with van der Waals surface area (Å²) >= 11 is 0. The van der Waals surface area contributed by atoms with E-state index in [1.807, 2.05) is 107 Å². The molecule has 0 bridgehead atoms. The molecule has 0 atom stereocenters. The number of nitrogens with two attached hydrogens (primary N) is 1. The predicted octanol–water partition coefficient (Wildman–Crippen LogP) is 9.54. The molecule has 378 valence electrons. The van der Waals surface area contributed by atoms with Gasteiger partial charge in [-0.25, -0.2) is 4.98 Å². The van der Waals surface area contributed by atoms with Crippen molar-refractivity contribution in [3.63, 3.8) is 0 Å². The lowest BCUT2D eigenvalue weighted by atomic mass is 9.77. The monoisotopic (exact) mass is 1010 g/mol. The molecular weight excluding hydrogens is 953 g/mol. The first-order valence-corrected chi connectivity index (χ1v) is 26.7. The Balaban J connectivity index is 1.03. The van der Waals surface area contributed by atoms with Crippen LogP contribution in [-0.2, 0) is 49.0 Å². The Kier molecular flexibility index (Phi) is 16.6. The highest BCUT2D eigenvalue weighted by molar-refractivity contribution is 7.86. The van der Waals surface area contributed by atoms with Crippen LogP contribution in [0.25, 0.3) is 11.2 Å². The molecule has 3 aromatic carbocycles. The number of H-pyrrole nitrogens is 1. The zero-order valence-corrected chi connectivity index (χ0v) is 42.8. The minimum Gasteiger partial charge on any atom is -0.471 e. The predicted molar refractivity (Wildman–Crippen MR) is 282 cm³/mol. The van der Waals surface area contributed by atoms with E-state index in [1.54, 1.807) is 12.1 Å². The highest BCUT2D eigenvalue weighted by Gasteiger charge is 2.40. The summed E-state index contributed by atoms with van der Waals surface area (Å²) in [6.45, 7) is 11.5. The Morgan fingerprint density at radius 1 is 0.903 bits per heavy atom. The number of carbonyl (C=O) groups excluding carboxylic acids is 1. The van der Waals surface area contributed by atoms with Gasteiger partial charge in [0.15, 0.2) is 11.2 Å².